The molecule has 0 amide bonds. The molecule has 1 nitrogen and oxygen atoms in total. The monoisotopic (exact) mass is 467 g/mol. The lowest BCUT2D eigenvalue weighted by molar-refractivity contribution is -0.254. The Bertz CT molecular complexity index is 1240. The van der Waals surface area contributed by atoms with Crippen molar-refractivity contribution in [2.75, 3.05) is 0 Å². The van der Waals surface area contributed by atoms with Gasteiger partial charge in [0, 0.05) is 20.9 Å². The van der Waals surface area contributed by atoms with E-state index in [0.717, 1.165) is 11.3 Å². The van der Waals surface area contributed by atoms with Gasteiger partial charge in [0.05, 0.1) is 17.0 Å². The van der Waals surface area contributed by atoms with Crippen molar-refractivity contribution in [3.8, 4) is 11.3 Å². The van der Waals surface area contributed by atoms with Crippen LogP contribution >= 0.6 is 11.3 Å². The molecule has 0 atom stereocenters. The standard InChI is InChI=1S/C24H19F6NS/c1-12-10-13(2)21(31-20(12)16-8-6-5-7-9-16)19-18(17-11-14(3)32-15(17)4)22(25,26)24(29,30)23(19,27)28/h5-11H,1-4H3. The van der Waals surface area contributed by atoms with Gasteiger partial charge in [-0.2, -0.15) is 26.3 Å². The van der Waals surface area contributed by atoms with Crippen LogP contribution < -0.4 is 0 Å². The van der Waals surface area contributed by atoms with Gasteiger partial charge in [-0.1, -0.05) is 36.4 Å². The fourth-order valence-corrected chi connectivity index (χ4v) is 5.10. The molecule has 1 aliphatic rings. The van der Waals surface area contributed by atoms with Crippen molar-refractivity contribution >= 4 is 22.5 Å². The summed E-state index contributed by atoms with van der Waals surface area (Å²) in [7, 11) is 0. The van der Waals surface area contributed by atoms with Crippen LogP contribution in [-0.4, -0.2) is 22.8 Å². The molecule has 2 aromatic heterocycles. The number of aryl methyl sites for hydroxylation is 4. The summed E-state index contributed by atoms with van der Waals surface area (Å²) in [6.45, 7) is 6.16. The molecule has 1 aromatic carbocycles. The Hall–Kier alpha value is -2.61. The summed E-state index contributed by atoms with van der Waals surface area (Å²) in [4.78, 5) is 5.08. The van der Waals surface area contributed by atoms with Gasteiger partial charge in [0.25, 0.3) is 0 Å². The van der Waals surface area contributed by atoms with Crippen molar-refractivity contribution in [3.05, 3.63) is 74.6 Å². The molecule has 1 aliphatic carbocycles. The quantitative estimate of drug-likeness (QED) is 0.357. The van der Waals surface area contributed by atoms with Crippen LogP contribution in [0.15, 0.2) is 42.5 Å². The van der Waals surface area contributed by atoms with E-state index in [4.69, 9.17) is 0 Å². The molecule has 0 unspecified atom stereocenters. The van der Waals surface area contributed by atoms with E-state index >= 15 is 17.6 Å². The number of thiophene rings is 1. The first-order valence-electron chi connectivity index (χ1n) is 9.80. The van der Waals surface area contributed by atoms with Crippen LogP contribution in [0.4, 0.5) is 26.3 Å². The molecular formula is C24H19F6NS. The number of benzene rings is 1. The summed E-state index contributed by atoms with van der Waals surface area (Å²) < 4.78 is 89.5. The number of halogens is 6. The van der Waals surface area contributed by atoms with Crippen LogP contribution in [0, 0.1) is 27.7 Å². The fourth-order valence-electron chi connectivity index (χ4n) is 4.17. The van der Waals surface area contributed by atoms with Gasteiger partial charge < -0.3 is 0 Å². The molecule has 0 fully saturated rings. The number of nitrogens with zero attached hydrogens (tertiary/aromatic N) is 1. The summed E-state index contributed by atoms with van der Waals surface area (Å²) in [5.41, 5.74) is -2.05. The van der Waals surface area contributed by atoms with E-state index in [1.165, 1.54) is 26.0 Å². The van der Waals surface area contributed by atoms with Gasteiger partial charge in [-0.3, -0.25) is 0 Å². The molecule has 0 saturated carbocycles. The van der Waals surface area contributed by atoms with E-state index in [-0.39, 0.29) is 21.7 Å². The second-order valence-electron chi connectivity index (χ2n) is 7.99. The highest BCUT2D eigenvalue weighted by Crippen LogP contribution is 2.65. The molecule has 3 aromatic rings. The summed E-state index contributed by atoms with van der Waals surface area (Å²) in [5.74, 6) is -15.8. The largest absolute Gasteiger partial charge is 0.380 e. The van der Waals surface area contributed by atoms with Crippen molar-refractivity contribution < 1.29 is 26.3 Å². The Balaban J connectivity index is 2.11. The van der Waals surface area contributed by atoms with E-state index in [9.17, 15) is 8.78 Å². The predicted molar refractivity (Wildman–Crippen MR) is 115 cm³/mol. The lowest BCUT2D eigenvalue weighted by atomic mass is 9.94. The summed E-state index contributed by atoms with van der Waals surface area (Å²) >= 11 is 1.08. The first-order chi connectivity index (χ1) is 14.8. The second kappa shape index (κ2) is 7.20. The lowest BCUT2D eigenvalue weighted by Gasteiger charge is -2.26. The minimum atomic E-state index is -5.60. The van der Waals surface area contributed by atoms with Gasteiger partial charge in [0.1, 0.15) is 0 Å². The van der Waals surface area contributed by atoms with Crippen molar-refractivity contribution in [2.24, 2.45) is 0 Å². The molecule has 0 N–H and O–H groups in total. The number of alkyl halides is 6. The molecule has 4 rings (SSSR count). The second-order valence-corrected chi connectivity index (χ2v) is 9.45. The average Bonchev–Trinajstić information content (AvgIpc) is 3.08. The number of aromatic nitrogens is 1. The minimum absolute atomic E-state index is 0.118. The highest BCUT2D eigenvalue weighted by atomic mass is 32.1. The summed E-state index contributed by atoms with van der Waals surface area (Å²) in [6, 6.07) is 11.3. The number of pyridine rings is 1. The molecule has 0 bridgehead atoms. The Morgan fingerprint density at radius 2 is 1.28 bits per heavy atom. The predicted octanol–water partition coefficient (Wildman–Crippen LogP) is 7.87. The summed E-state index contributed by atoms with van der Waals surface area (Å²) in [6.07, 6.45) is 0. The first kappa shape index (κ1) is 22.6. The maximum absolute atomic E-state index is 15.1. The third-order valence-electron chi connectivity index (χ3n) is 5.66. The number of hydrogen-bond donors (Lipinski definition) is 0. The van der Waals surface area contributed by atoms with E-state index in [2.05, 4.69) is 4.98 Å². The summed E-state index contributed by atoms with van der Waals surface area (Å²) in [5, 5.41) is 0. The first-order valence-corrected chi connectivity index (χ1v) is 10.6. The zero-order chi connectivity index (χ0) is 23.6. The molecule has 168 valence electrons. The van der Waals surface area contributed by atoms with E-state index < -0.39 is 34.6 Å². The van der Waals surface area contributed by atoms with Crippen molar-refractivity contribution in [3.63, 3.8) is 0 Å². The molecule has 8 heteroatoms. The molecule has 0 saturated heterocycles. The van der Waals surface area contributed by atoms with Crippen LogP contribution in [0.5, 0.6) is 0 Å². The molecule has 0 spiro atoms. The lowest BCUT2D eigenvalue weighted by Crippen LogP contribution is -2.49. The topological polar surface area (TPSA) is 12.9 Å². The van der Waals surface area contributed by atoms with Crippen LogP contribution in [0.1, 0.15) is 32.1 Å². The number of allylic oxidation sites excluding steroid dienone is 2. The van der Waals surface area contributed by atoms with Crippen molar-refractivity contribution in [2.45, 2.75) is 45.5 Å². The molecule has 2 heterocycles. The minimum Gasteiger partial charge on any atom is -0.247 e. The average molecular weight is 467 g/mol. The number of hydrogen-bond acceptors (Lipinski definition) is 2. The van der Waals surface area contributed by atoms with Gasteiger partial charge >= 0.3 is 17.8 Å². The smallest absolute Gasteiger partial charge is 0.247 e. The maximum atomic E-state index is 15.1. The van der Waals surface area contributed by atoms with Gasteiger partial charge in [0.2, 0.25) is 0 Å². The van der Waals surface area contributed by atoms with E-state index in [0.29, 0.717) is 16.0 Å². The van der Waals surface area contributed by atoms with Crippen LogP contribution in [-0.2, 0) is 0 Å². The third kappa shape index (κ3) is 3.03. The SMILES string of the molecule is Cc1cc(C2=C(c3nc(-c4ccccc4)c(C)cc3C)C(F)(F)C(F)(F)C2(F)F)c(C)s1. The van der Waals surface area contributed by atoms with Crippen molar-refractivity contribution in [1.29, 1.82) is 0 Å². The number of rotatable bonds is 3. The van der Waals surface area contributed by atoms with Gasteiger partial charge in [0.15, 0.2) is 0 Å². The molecule has 0 aliphatic heterocycles. The third-order valence-corrected chi connectivity index (χ3v) is 6.63. The molecular weight excluding hydrogens is 448 g/mol. The Kier molecular flexibility index (Phi) is 5.08. The van der Waals surface area contributed by atoms with Crippen molar-refractivity contribution in [1.82, 2.24) is 4.98 Å². The Morgan fingerprint density at radius 3 is 1.84 bits per heavy atom. The zero-order valence-corrected chi connectivity index (χ0v) is 18.5. The van der Waals surface area contributed by atoms with Gasteiger partial charge in [-0.15, -0.1) is 11.3 Å². The fraction of sp³-hybridized carbons (Fsp3) is 0.292. The highest BCUT2D eigenvalue weighted by molar-refractivity contribution is 7.12. The Labute approximate surface area is 185 Å². The van der Waals surface area contributed by atoms with Crippen LogP contribution in [0.25, 0.3) is 22.4 Å². The van der Waals surface area contributed by atoms with Crippen LogP contribution in [0.2, 0.25) is 0 Å². The molecule has 32 heavy (non-hydrogen) atoms. The normalized spacial score (nSPS) is 18.9. The van der Waals surface area contributed by atoms with E-state index in [1.54, 1.807) is 44.2 Å². The highest BCUT2D eigenvalue weighted by Gasteiger charge is 2.80. The Morgan fingerprint density at radius 1 is 0.719 bits per heavy atom. The van der Waals surface area contributed by atoms with Gasteiger partial charge in [-0.25, -0.2) is 4.98 Å². The zero-order valence-electron chi connectivity index (χ0n) is 17.7. The van der Waals surface area contributed by atoms with Crippen LogP contribution in [0.3, 0.4) is 0 Å². The van der Waals surface area contributed by atoms with E-state index in [1.807, 2.05) is 0 Å². The molecule has 0 radical (unpaired) electrons. The maximum Gasteiger partial charge on any atom is 0.380 e. The van der Waals surface area contributed by atoms with Gasteiger partial charge in [-0.05, 0) is 50.5 Å².